The number of fused-ring (bicyclic) bond motifs is 1. The standard InChI is InChI=1S/C38H45N5O6S/c1-3-5-11-35-39-33-19-18-30(41-20-22-42(23-21-41)36(44)29-16-17-29)25-32(33)37(45)43(35)26-27-12-14-28(15-13-27)31-9-7-8-10-34(31)50(47,48)40-38(46)49-24-6-4-2/h7-10,12-15,18-19,25,29H,3-6,11,16-17,20-24,26H2,1-2H3,(H,40,46). The van der Waals surface area contributed by atoms with E-state index in [1.807, 2.05) is 59.0 Å². The highest BCUT2D eigenvalue weighted by molar-refractivity contribution is 7.90. The van der Waals surface area contributed by atoms with Crippen molar-refractivity contribution in [2.75, 3.05) is 37.7 Å². The lowest BCUT2D eigenvalue weighted by Gasteiger charge is -2.36. The number of nitrogens with zero attached hydrogens (tertiary/aromatic N) is 4. The number of anilines is 1. The molecule has 2 amide bonds. The van der Waals surface area contributed by atoms with Gasteiger partial charge in [-0.05, 0) is 61.1 Å². The average Bonchev–Trinajstić information content (AvgIpc) is 3.98. The van der Waals surface area contributed by atoms with Crippen molar-refractivity contribution in [3.63, 3.8) is 0 Å². The van der Waals surface area contributed by atoms with E-state index in [9.17, 15) is 22.8 Å². The molecule has 11 nitrogen and oxygen atoms in total. The molecule has 1 saturated heterocycles. The number of piperazine rings is 1. The highest BCUT2D eigenvalue weighted by Gasteiger charge is 2.34. The molecule has 1 aliphatic carbocycles. The van der Waals surface area contributed by atoms with Crippen molar-refractivity contribution < 1.29 is 22.7 Å². The Bertz CT molecular complexity index is 2020. The monoisotopic (exact) mass is 699 g/mol. The first-order valence-electron chi connectivity index (χ1n) is 17.6. The Balaban J connectivity index is 1.23. The smallest absolute Gasteiger partial charge is 0.421 e. The van der Waals surface area contributed by atoms with Crippen molar-refractivity contribution in [2.45, 2.75) is 70.2 Å². The summed E-state index contributed by atoms with van der Waals surface area (Å²) in [7, 11) is -4.19. The maximum absolute atomic E-state index is 14.1. The second-order valence-electron chi connectivity index (χ2n) is 13.1. The molecule has 0 bridgehead atoms. The van der Waals surface area contributed by atoms with Crippen molar-refractivity contribution in [3.05, 3.63) is 88.5 Å². The maximum Gasteiger partial charge on any atom is 0.421 e. The Labute approximate surface area is 293 Å². The second-order valence-corrected chi connectivity index (χ2v) is 14.7. The zero-order valence-corrected chi connectivity index (χ0v) is 29.6. The van der Waals surface area contributed by atoms with Crippen LogP contribution in [0.1, 0.15) is 63.8 Å². The molecule has 2 heterocycles. The molecule has 0 radical (unpaired) electrons. The summed E-state index contributed by atoms with van der Waals surface area (Å²) in [6.45, 7) is 7.29. The van der Waals surface area contributed by atoms with Crippen molar-refractivity contribution in [1.29, 1.82) is 0 Å². The maximum atomic E-state index is 14.1. The molecule has 264 valence electrons. The van der Waals surface area contributed by atoms with Crippen molar-refractivity contribution in [2.24, 2.45) is 5.92 Å². The fourth-order valence-corrected chi connectivity index (χ4v) is 7.45. The quantitative estimate of drug-likeness (QED) is 0.175. The largest absolute Gasteiger partial charge is 0.449 e. The van der Waals surface area contributed by atoms with E-state index >= 15 is 0 Å². The van der Waals surface area contributed by atoms with Crippen LogP contribution in [0.2, 0.25) is 0 Å². The van der Waals surface area contributed by atoms with Crippen molar-refractivity contribution in [1.82, 2.24) is 19.2 Å². The number of aromatic nitrogens is 2. The molecule has 0 atom stereocenters. The first-order valence-corrected chi connectivity index (χ1v) is 19.1. The van der Waals surface area contributed by atoms with Gasteiger partial charge in [-0.25, -0.2) is 22.9 Å². The number of rotatable bonds is 13. The minimum Gasteiger partial charge on any atom is -0.449 e. The third-order valence-corrected chi connectivity index (χ3v) is 10.8. The Kier molecular flexibility index (Phi) is 10.9. The zero-order chi connectivity index (χ0) is 35.3. The van der Waals surface area contributed by atoms with Gasteiger partial charge in [-0.2, -0.15) is 0 Å². The van der Waals surface area contributed by atoms with Gasteiger partial charge in [-0.3, -0.25) is 14.2 Å². The number of hydrogen-bond acceptors (Lipinski definition) is 8. The van der Waals surface area contributed by atoms with E-state index in [1.165, 1.54) is 6.07 Å². The lowest BCUT2D eigenvalue weighted by molar-refractivity contribution is -0.132. The van der Waals surface area contributed by atoms with Crippen LogP contribution >= 0.6 is 0 Å². The van der Waals surface area contributed by atoms with Crippen LogP contribution in [0.15, 0.2) is 76.4 Å². The zero-order valence-electron chi connectivity index (χ0n) is 28.8. The van der Waals surface area contributed by atoms with Gasteiger partial charge in [-0.15, -0.1) is 0 Å². The molecule has 0 spiro atoms. The van der Waals surface area contributed by atoms with Crippen molar-refractivity contribution >= 4 is 38.6 Å². The number of benzene rings is 3. The molecule has 50 heavy (non-hydrogen) atoms. The number of nitrogens with one attached hydrogen (secondary N) is 1. The van der Waals surface area contributed by atoms with Gasteiger partial charge in [0.05, 0.1) is 29.0 Å². The van der Waals surface area contributed by atoms with Crippen LogP contribution < -0.4 is 15.2 Å². The van der Waals surface area contributed by atoms with Gasteiger partial charge in [-0.1, -0.05) is 69.2 Å². The highest BCUT2D eigenvalue weighted by Crippen LogP contribution is 2.32. The van der Waals surface area contributed by atoms with Gasteiger partial charge >= 0.3 is 6.09 Å². The number of carbonyl (C=O) groups excluding carboxylic acids is 2. The average molecular weight is 700 g/mol. The number of sulfonamides is 1. The van der Waals surface area contributed by atoms with E-state index in [1.54, 1.807) is 22.8 Å². The van der Waals surface area contributed by atoms with Crippen LogP contribution in [0, 0.1) is 5.92 Å². The van der Waals surface area contributed by atoms with Gasteiger partial charge in [0.25, 0.3) is 15.6 Å². The van der Waals surface area contributed by atoms with Gasteiger partial charge < -0.3 is 14.5 Å². The Morgan fingerprint density at radius 1 is 0.920 bits per heavy atom. The first-order chi connectivity index (χ1) is 24.2. The summed E-state index contributed by atoms with van der Waals surface area (Å²) in [5, 5.41) is 0.552. The predicted molar refractivity (Wildman–Crippen MR) is 194 cm³/mol. The number of amides is 2. The molecule has 2 fully saturated rings. The molecule has 4 aromatic rings. The van der Waals surface area contributed by atoms with Gasteiger partial charge in [0, 0.05) is 49.8 Å². The van der Waals surface area contributed by atoms with Crippen LogP contribution in [0.3, 0.4) is 0 Å². The fraction of sp³-hybridized carbons (Fsp3) is 0.421. The number of carbonyl (C=O) groups is 2. The predicted octanol–water partition coefficient (Wildman–Crippen LogP) is 5.73. The molecular weight excluding hydrogens is 655 g/mol. The van der Waals surface area contributed by atoms with Crippen LogP contribution in [0.5, 0.6) is 0 Å². The van der Waals surface area contributed by atoms with Crippen LogP contribution in [-0.2, 0) is 32.5 Å². The Morgan fingerprint density at radius 3 is 2.34 bits per heavy atom. The third kappa shape index (κ3) is 8.01. The van der Waals surface area contributed by atoms with Gasteiger partial charge in [0.2, 0.25) is 5.91 Å². The lowest BCUT2D eigenvalue weighted by Crippen LogP contribution is -2.49. The molecule has 12 heteroatoms. The van der Waals surface area contributed by atoms with Crippen molar-refractivity contribution in [3.8, 4) is 11.1 Å². The summed E-state index contributed by atoms with van der Waals surface area (Å²) in [5.74, 6) is 1.21. The number of aryl methyl sites for hydroxylation is 1. The van der Waals surface area contributed by atoms with E-state index in [2.05, 4.69) is 11.8 Å². The SMILES string of the molecule is CCCCOC(=O)NS(=O)(=O)c1ccccc1-c1ccc(Cn2c(CCCC)nc3ccc(N4CCN(C(=O)C5CC5)CC4)cc3c2=O)cc1. The molecule has 1 N–H and O–H groups in total. The third-order valence-electron chi connectivity index (χ3n) is 9.38. The lowest BCUT2D eigenvalue weighted by atomic mass is 10.0. The minimum atomic E-state index is -4.19. The molecule has 1 aromatic heterocycles. The second kappa shape index (κ2) is 15.5. The minimum absolute atomic E-state index is 0.0382. The normalized spacial score (nSPS) is 14.9. The van der Waals surface area contributed by atoms with E-state index in [0.717, 1.165) is 62.3 Å². The molecule has 1 saturated carbocycles. The number of unbranched alkanes of at least 4 members (excludes halogenated alkanes) is 2. The molecule has 3 aromatic carbocycles. The summed E-state index contributed by atoms with van der Waals surface area (Å²) in [6.07, 6.45) is 4.97. The van der Waals surface area contributed by atoms with Crippen LogP contribution in [0.4, 0.5) is 10.5 Å². The van der Waals surface area contributed by atoms with E-state index in [0.29, 0.717) is 54.5 Å². The van der Waals surface area contributed by atoms with E-state index in [-0.39, 0.29) is 28.9 Å². The molecule has 0 unspecified atom stereocenters. The van der Waals surface area contributed by atoms with Crippen LogP contribution in [0.25, 0.3) is 22.0 Å². The van der Waals surface area contributed by atoms with Crippen LogP contribution in [-0.4, -0.2) is 67.7 Å². The summed E-state index contributed by atoms with van der Waals surface area (Å²) in [5.41, 5.74) is 3.45. The summed E-state index contributed by atoms with van der Waals surface area (Å²) >= 11 is 0. The summed E-state index contributed by atoms with van der Waals surface area (Å²) in [4.78, 5) is 48.0. The van der Waals surface area contributed by atoms with E-state index in [4.69, 9.17) is 9.72 Å². The summed E-state index contributed by atoms with van der Waals surface area (Å²) in [6, 6.07) is 19.8. The summed E-state index contributed by atoms with van der Waals surface area (Å²) < 4.78 is 35.1. The fourth-order valence-electron chi connectivity index (χ4n) is 6.33. The topological polar surface area (TPSA) is 131 Å². The molecule has 1 aliphatic heterocycles. The molecule has 6 rings (SSSR count). The number of ether oxygens (including phenoxy) is 1. The Morgan fingerprint density at radius 2 is 1.64 bits per heavy atom. The Hall–Kier alpha value is -4.71. The molecule has 2 aliphatic rings. The van der Waals surface area contributed by atoms with E-state index < -0.39 is 16.1 Å². The van der Waals surface area contributed by atoms with Gasteiger partial charge in [0.1, 0.15) is 5.82 Å². The number of hydrogen-bond donors (Lipinski definition) is 1. The van der Waals surface area contributed by atoms with Gasteiger partial charge in [0.15, 0.2) is 0 Å². The highest BCUT2D eigenvalue weighted by atomic mass is 32.2. The first kappa shape index (κ1) is 35.1. The molecular formula is C38H45N5O6S.